The average Bonchev–Trinajstić information content (AvgIpc) is 2.15. The Bertz CT molecular complexity index is 398. The van der Waals surface area contributed by atoms with Crippen molar-refractivity contribution in [1.29, 1.82) is 0 Å². The van der Waals surface area contributed by atoms with Gasteiger partial charge < -0.3 is 15.9 Å². The molecule has 0 fully saturated rings. The highest BCUT2D eigenvalue weighted by atomic mass is 19.1. The molecule has 0 heterocycles. The van der Waals surface area contributed by atoms with Crippen molar-refractivity contribution in [2.24, 2.45) is 5.73 Å². The molecule has 0 aliphatic rings. The molecule has 2 atom stereocenters. The maximum Gasteiger partial charge on any atom is 0.220 e. The molecule has 0 saturated carbocycles. The molecule has 88 valence electrons. The first-order valence-electron chi connectivity index (χ1n) is 4.51. The minimum Gasteiger partial charge on any atom is -0.390 e. The first kappa shape index (κ1) is 12.5. The summed E-state index contributed by atoms with van der Waals surface area (Å²) in [5.74, 6) is -2.61. The van der Waals surface area contributed by atoms with E-state index in [0.29, 0.717) is 6.07 Å². The zero-order valence-corrected chi connectivity index (χ0v) is 8.23. The van der Waals surface area contributed by atoms with Gasteiger partial charge in [-0.15, -0.1) is 0 Å². The first-order chi connectivity index (χ1) is 7.41. The number of carbonyl (C=O) groups excluding carboxylic acids is 1. The van der Waals surface area contributed by atoms with Crippen LogP contribution in [0, 0.1) is 11.6 Å². The quantitative estimate of drug-likeness (QED) is 0.693. The maximum atomic E-state index is 13.2. The van der Waals surface area contributed by atoms with Crippen molar-refractivity contribution >= 4 is 5.91 Å². The van der Waals surface area contributed by atoms with Gasteiger partial charge >= 0.3 is 0 Å². The lowest BCUT2D eigenvalue weighted by Gasteiger charge is -2.17. The van der Waals surface area contributed by atoms with Crippen LogP contribution in [0.1, 0.15) is 18.1 Å². The van der Waals surface area contributed by atoms with Gasteiger partial charge in [-0.3, -0.25) is 4.79 Å². The molecule has 1 aromatic carbocycles. The number of rotatable bonds is 4. The lowest BCUT2D eigenvalue weighted by Crippen LogP contribution is -2.26. The van der Waals surface area contributed by atoms with Crippen LogP contribution in [-0.4, -0.2) is 22.2 Å². The zero-order valence-electron chi connectivity index (χ0n) is 8.23. The lowest BCUT2D eigenvalue weighted by molar-refractivity contribution is -0.121. The monoisotopic (exact) mass is 231 g/mol. The van der Waals surface area contributed by atoms with Gasteiger partial charge in [0, 0.05) is 11.6 Å². The maximum absolute atomic E-state index is 13.2. The van der Waals surface area contributed by atoms with Gasteiger partial charge in [-0.1, -0.05) is 6.07 Å². The Labute approximate surface area is 90.3 Å². The third-order valence-electron chi connectivity index (χ3n) is 2.06. The fourth-order valence-corrected chi connectivity index (χ4v) is 1.27. The molecule has 0 aliphatic carbocycles. The van der Waals surface area contributed by atoms with E-state index in [4.69, 9.17) is 5.73 Å². The second-order valence-corrected chi connectivity index (χ2v) is 3.35. The summed E-state index contributed by atoms with van der Waals surface area (Å²) < 4.78 is 25.7. The van der Waals surface area contributed by atoms with Crippen molar-refractivity contribution in [3.8, 4) is 0 Å². The van der Waals surface area contributed by atoms with Crippen LogP contribution in [0.15, 0.2) is 18.2 Å². The Morgan fingerprint density at radius 3 is 2.50 bits per heavy atom. The Hall–Kier alpha value is -1.53. The predicted molar refractivity (Wildman–Crippen MR) is 51.1 cm³/mol. The Morgan fingerprint density at radius 1 is 1.38 bits per heavy atom. The molecule has 0 aliphatic heterocycles. The van der Waals surface area contributed by atoms with Crippen molar-refractivity contribution in [2.45, 2.75) is 18.6 Å². The van der Waals surface area contributed by atoms with Crippen LogP contribution in [0.3, 0.4) is 0 Å². The summed E-state index contributed by atoms with van der Waals surface area (Å²) >= 11 is 0. The molecule has 2 unspecified atom stereocenters. The minimum absolute atomic E-state index is 0.282. The molecule has 0 radical (unpaired) electrons. The number of hydrogen-bond donors (Lipinski definition) is 3. The standard InChI is InChI=1S/C10H11F2NO3/c11-5-1-2-6(7(12)3-5)10(16)8(14)4-9(13)15/h1-3,8,10,14,16H,4H2,(H2,13,15). The molecular formula is C10H11F2NO3. The first-order valence-corrected chi connectivity index (χ1v) is 4.51. The van der Waals surface area contributed by atoms with Gasteiger partial charge in [0.1, 0.15) is 17.7 Å². The SMILES string of the molecule is NC(=O)CC(O)C(O)c1ccc(F)cc1F. The average molecular weight is 231 g/mol. The van der Waals surface area contributed by atoms with Crippen LogP contribution in [0.2, 0.25) is 0 Å². The van der Waals surface area contributed by atoms with Crippen molar-refractivity contribution in [3.05, 3.63) is 35.4 Å². The van der Waals surface area contributed by atoms with Crippen molar-refractivity contribution in [1.82, 2.24) is 0 Å². The summed E-state index contributed by atoms with van der Waals surface area (Å²) in [6, 6.07) is 2.52. The highest BCUT2D eigenvalue weighted by Crippen LogP contribution is 2.22. The number of aliphatic hydroxyl groups excluding tert-OH is 2. The largest absolute Gasteiger partial charge is 0.390 e. The van der Waals surface area contributed by atoms with Gasteiger partial charge in [0.05, 0.1) is 12.5 Å². The molecule has 0 saturated heterocycles. The highest BCUT2D eigenvalue weighted by Gasteiger charge is 2.23. The van der Waals surface area contributed by atoms with Crippen LogP contribution in [-0.2, 0) is 4.79 Å². The van der Waals surface area contributed by atoms with E-state index in [2.05, 4.69) is 0 Å². The summed E-state index contributed by atoms with van der Waals surface area (Å²) in [6.45, 7) is 0. The summed E-state index contributed by atoms with van der Waals surface area (Å²) in [5.41, 5.74) is 4.53. The number of carbonyl (C=O) groups is 1. The second-order valence-electron chi connectivity index (χ2n) is 3.35. The van der Waals surface area contributed by atoms with E-state index in [-0.39, 0.29) is 5.56 Å². The van der Waals surface area contributed by atoms with Crippen molar-refractivity contribution in [3.63, 3.8) is 0 Å². The van der Waals surface area contributed by atoms with Crippen LogP contribution in [0.4, 0.5) is 8.78 Å². The summed E-state index contributed by atoms with van der Waals surface area (Å²) in [7, 11) is 0. The van der Waals surface area contributed by atoms with Gasteiger partial charge in [0.25, 0.3) is 0 Å². The predicted octanol–water partition coefficient (Wildman–Crippen LogP) is 0.234. The Balaban J connectivity index is 2.87. The fourth-order valence-electron chi connectivity index (χ4n) is 1.27. The number of primary amides is 1. The van der Waals surface area contributed by atoms with Gasteiger partial charge in [-0.05, 0) is 6.07 Å². The number of nitrogens with two attached hydrogens (primary N) is 1. The lowest BCUT2D eigenvalue weighted by atomic mass is 10.0. The molecule has 1 amide bonds. The third-order valence-corrected chi connectivity index (χ3v) is 2.06. The van der Waals surface area contributed by atoms with Gasteiger partial charge in [-0.25, -0.2) is 8.78 Å². The number of hydrogen-bond acceptors (Lipinski definition) is 3. The molecule has 1 aromatic rings. The molecule has 16 heavy (non-hydrogen) atoms. The Kier molecular flexibility index (Phi) is 3.92. The van der Waals surface area contributed by atoms with Crippen molar-refractivity contribution < 1.29 is 23.8 Å². The van der Waals surface area contributed by atoms with E-state index in [1.54, 1.807) is 0 Å². The van der Waals surface area contributed by atoms with Gasteiger partial charge in [0.15, 0.2) is 0 Å². The van der Waals surface area contributed by atoms with E-state index in [1.807, 2.05) is 0 Å². The Morgan fingerprint density at radius 2 is 2.00 bits per heavy atom. The van der Waals surface area contributed by atoms with E-state index < -0.39 is 36.2 Å². The van der Waals surface area contributed by atoms with Gasteiger partial charge in [0.2, 0.25) is 5.91 Å². The molecule has 1 rings (SSSR count). The molecule has 0 spiro atoms. The molecule has 4 N–H and O–H groups in total. The van der Waals surface area contributed by atoms with E-state index in [9.17, 15) is 23.8 Å². The van der Waals surface area contributed by atoms with Gasteiger partial charge in [-0.2, -0.15) is 0 Å². The number of amides is 1. The topological polar surface area (TPSA) is 83.6 Å². The van der Waals surface area contributed by atoms with Crippen molar-refractivity contribution in [2.75, 3.05) is 0 Å². The zero-order chi connectivity index (χ0) is 12.3. The molecule has 6 heteroatoms. The van der Waals surface area contributed by atoms with Crippen LogP contribution in [0.5, 0.6) is 0 Å². The summed E-state index contributed by atoms with van der Waals surface area (Å²) in [6.07, 6.45) is -3.64. The summed E-state index contributed by atoms with van der Waals surface area (Å²) in [4.78, 5) is 10.5. The summed E-state index contributed by atoms with van der Waals surface area (Å²) in [5, 5.41) is 18.8. The van der Waals surface area contributed by atoms with Crippen LogP contribution in [0.25, 0.3) is 0 Å². The molecular weight excluding hydrogens is 220 g/mol. The minimum atomic E-state index is -1.62. The van der Waals surface area contributed by atoms with E-state index in [1.165, 1.54) is 0 Å². The highest BCUT2D eigenvalue weighted by molar-refractivity contribution is 5.74. The number of aliphatic hydroxyl groups is 2. The molecule has 0 bridgehead atoms. The third kappa shape index (κ3) is 2.98. The fraction of sp³-hybridized carbons (Fsp3) is 0.300. The molecule has 0 aromatic heterocycles. The molecule has 4 nitrogen and oxygen atoms in total. The number of halogens is 2. The normalized spacial score (nSPS) is 14.5. The number of benzene rings is 1. The van der Waals surface area contributed by atoms with Crippen LogP contribution < -0.4 is 5.73 Å². The smallest absolute Gasteiger partial charge is 0.220 e. The van der Waals surface area contributed by atoms with Crippen LogP contribution >= 0.6 is 0 Å². The van der Waals surface area contributed by atoms with E-state index >= 15 is 0 Å². The van der Waals surface area contributed by atoms with E-state index in [0.717, 1.165) is 12.1 Å². The second kappa shape index (κ2) is 5.00.